The topological polar surface area (TPSA) is 20.3 Å². The molecule has 0 bridgehead atoms. The predicted octanol–water partition coefficient (Wildman–Crippen LogP) is 3.38. The van der Waals surface area contributed by atoms with Crippen LogP contribution in [0.1, 0.15) is 24.5 Å². The van der Waals surface area contributed by atoms with Crippen LogP contribution in [0.2, 0.25) is 0 Å². The molecule has 0 saturated carbocycles. The van der Waals surface area contributed by atoms with E-state index < -0.39 is 5.92 Å². The average Bonchev–Trinajstić information content (AvgIpc) is 2.85. The van der Waals surface area contributed by atoms with Gasteiger partial charge in [0, 0.05) is 25.6 Å². The third kappa shape index (κ3) is 3.44. The molecule has 1 atom stereocenters. The maximum Gasteiger partial charge on any atom is 0.270 e. The number of hydrogen-bond acceptors (Lipinski definition) is 1. The molecule has 1 fully saturated rings. The molecule has 20 heavy (non-hydrogen) atoms. The second kappa shape index (κ2) is 5.73. The molecule has 108 valence electrons. The van der Waals surface area contributed by atoms with Crippen LogP contribution in [0.3, 0.4) is 0 Å². The van der Waals surface area contributed by atoms with E-state index in [4.69, 9.17) is 0 Å². The Kier molecular flexibility index (Phi) is 4.21. The summed E-state index contributed by atoms with van der Waals surface area (Å²) in [5.74, 6) is -2.53. The van der Waals surface area contributed by atoms with Crippen molar-refractivity contribution in [1.82, 2.24) is 4.90 Å². The Labute approximate surface area is 118 Å². The van der Waals surface area contributed by atoms with Crippen molar-refractivity contribution in [2.75, 3.05) is 13.1 Å². The van der Waals surface area contributed by atoms with Gasteiger partial charge in [-0.2, -0.15) is 0 Å². The van der Waals surface area contributed by atoms with Crippen molar-refractivity contribution in [2.24, 2.45) is 5.92 Å². The zero-order valence-corrected chi connectivity index (χ0v) is 11.6. The SMILES string of the molecule is C=CC(=O)N1CCC(Cc2cccc(C(C)(F)F)c2)C1. The lowest BCUT2D eigenvalue weighted by Crippen LogP contribution is -2.26. The molecule has 1 aliphatic rings. The van der Waals surface area contributed by atoms with Crippen molar-refractivity contribution in [3.63, 3.8) is 0 Å². The summed E-state index contributed by atoms with van der Waals surface area (Å²) in [5.41, 5.74) is 0.953. The van der Waals surface area contributed by atoms with Crippen molar-refractivity contribution >= 4 is 5.91 Å². The molecule has 0 aliphatic carbocycles. The van der Waals surface area contributed by atoms with E-state index >= 15 is 0 Å². The molecule has 1 aromatic carbocycles. The van der Waals surface area contributed by atoms with Gasteiger partial charge in [0.25, 0.3) is 5.92 Å². The maximum absolute atomic E-state index is 13.3. The van der Waals surface area contributed by atoms with Gasteiger partial charge in [-0.25, -0.2) is 8.78 Å². The van der Waals surface area contributed by atoms with Crippen molar-refractivity contribution in [2.45, 2.75) is 25.7 Å². The van der Waals surface area contributed by atoms with Crippen LogP contribution in [0.5, 0.6) is 0 Å². The lowest BCUT2D eigenvalue weighted by atomic mass is 9.96. The number of hydrogen-bond donors (Lipinski definition) is 0. The fourth-order valence-electron chi connectivity index (χ4n) is 2.63. The first-order valence-electron chi connectivity index (χ1n) is 6.78. The second-order valence-corrected chi connectivity index (χ2v) is 5.44. The Bertz CT molecular complexity index is 507. The summed E-state index contributed by atoms with van der Waals surface area (Å²) >= 11 is 0. The van der Waals surface area contributed by atoms with Crippen molar-refractivity contribution in [3.05, 3.63) is 48.0 Å². The van der Waals surface area contributed by atoms with Gasteiger partial charge in [-0.15, -0.1) is 0 Å². The molecule has 0 radical (unpaired) electrons. The van der Waals surface area contributed by atoms with Crippen LogP contribution in [0.4, 0.5) is 8.78 Å². The second-order valence-electron chi connectivity index (χ2n) is 5.44. The molecular formula is C16H19F2NO. The van der Waals surface area contributed by atoms with E-state index in [0.29, 0.717) is 12.5 Å². The summed E-state index contributed by atoms with van der Waals surface area (Å²) in [5, 5.41) is 0. The average molecular weight is 279 g/mol. The molecule has 1 aliphatic heterocycles. The normalized spacial score (nSPS) is 19.1. The number of benzene rings is 1. The van der Waals surface area contributed by atoms with E-state index in [0.717, 1.165) is 31.9 Å². The van der Waals surface area contributed by atoms with Crippen molar-refractivity contribution < 1.29 is 13.6 Å². The third-order valence-corrected chi connectivity index (χ3v) is 3.73. The van der Waals surface area contributed by atoms with Gasteiger partial charge in [0.15, 0.2) is 0 Å². The van der Waals surface area contributed by atoms with Gasteiger partial charge in [-0.3, -0.25) is 4.79 Å². The molecular weight excluding hydrogens is 260 g/mol. The molecule has 1 heterocycles. The highest BCUT2D eigenvalue weighted by Gasteiger charge is 2.27. The van der Waals surface area contributed by atoms with Gasteiger partial charge in [0.05, 0.1) is 0 Å². The summed E-state index contributed by atoms with van der Waals surface area (Å²) in [4.78, 5) is 13.3. The predicted molar refractivity (Wildman–Crippen MR) is 74.6 cm³/mol. The van der Waals surface area contributed by atoms with Gasteiger partial charge >= 0.3 is 0 Å². The van der Waals surface area contributed by atoms with E-state index in [1.54, 1.807) is 17.0 Å². The molecule has 0 aromatic heterocycles. The number of carbonyl (C=O) groups is 1. The Morgan fingerprint density at radius 2 is 2.30 bits per heavy atom. The van der Waals surface area contributed by atoms with Gasteiger partial charge in [-0.05, 0) is 36.5 Å². The highest BCUT2D eigenvalue weighted by atomic mass is 19.3. The van der Waals surface area contributed by atoms with Gasteiger partial charge < -0.3 is 4.90 Å². The van der Waals surface area contributed by atoms with E-state index in [-0.39, 0.29) is 11.5 Å². The Hall–Kier alpha value is -1.71. The number of alkyl halides is 2. The summed E-state index contributed by atoms with van der Waals surface area (Å²) in [6.07, 6.45) is 2.96. The first-order valence-corrected chi connectivity index (χ1v) is 6.78. The molecule has 4 heteroatoms. The smallest absolute Gasteiger partial charge is 0.270 e. The number of rotatable bonds is 4. The number of nitrogens with zero attached hydrogens (tertiary/aromatic N) is 1. The van der Waals surface area contributed by atoms with Gasteiger partial charge in [0.1, 0.15) is 0 Å². The Morgan fingerprint density at radius 3 is 2.95 bits per heavy atom. The molecule has 0 spiro atoms. The minimum Gasteiger partial charge on any atom is -0.339 e. The van der Waals surface area contributed by atoms with Crippen LogP contribution < -0.4 is 0 Å². The summed E-state index contributed by atoms with van der Waals surface area (Å²) in [6, 6.07) is 6.56. The minimum atomic E-state index is -2.81. The van der Waals surface area contributed by atoms with Crippen LogP contribution >= 0.6 is 0 Å². The first kappa shape index (κ1) is 14.7. The Morgan fingerprint density at radius 1 is 1.55 bits per heavy atom. The van der Waals surface area contributed by atoms with E-state index in [9.17, 15) is 13.6 Å². The van der Waals surface area contributed by atoms with Crippen LogP contribution in [0.15, 0.2) is 36.9 Å². The molecule has 1 unspecified atom stereocenters. The van der Waals surface area contributed by atoms with E-state index in [1.807, 2.05) is 6.07 Å². The summed E-state index contributed by atoms with van der Waals surface area (Å²) in [7, 11) is 0. The van der Waals surface area contributed by atoms with Crippen LogP contribution in [0, 0.1) is 5.92 Å². The number of amides is 1. The van der Waals surface area contributed by atoms with Crippen LogP contribution in [-0.4, -0.2) is 23.9 Å². The molecule has 2 rings (SSSR count). The number of carbonyl (C=O) groups excluding carboxylic acids is 1. The zero-order valence-electron chi connectivity index (χ0n) is 11.6. The summed E-state index contributed by atoms with van der Waals surface area (Å²) < 4.78 is 26.6. The highest BCUT2D eigenvalue weighted by Crippen LogP contribution is 2.29. The molecule has 0 N–H and O–H groups in total. The molecule has 1 saturated heterocycles. The quantitative estimate of drug-likeness (QED) is 0.774. The lowest BCUT2D eigenvalue weighted by molar-refractivity contribution is -0.125. The van der Waals surface area contributed by atoms with Crippen LogP contribution in [-0.2, 0) is 17.1 Å². The fourth-order valence-corrected chi connectivity index (χ4v) is 2.63. The molecule has 1 amide bonds. The number of likely N-dealkylation sites (tertiary alicyclic amines) is 1. The fraction of sp³-hybridized carbons (Fsp3) is 0.438. The zero-order chi connectivity index (χ0) is 14.8. The lowest BCUT2D eigenvalue weighted by Gasteiger charge is -2.15. The monoisotopic (exact) mass is 279 g/mol. The van der Waals surface area contributed by atoms with Crippen molar-refractivity contribution in [3.8, 4) is 0 Å². The molecule has 2 nitrogen and oxygen atoms in total. The van der Waals surface area contributed by atoms with E-state index in [2.05, 4.69) is 6.58 Å². The van der Waals surface area contributed by atoms with E-state index in [1.165, 1.54) is 12.1 Å². The largest absolute Gasteiger partial charge is 0.339 e. The number of halogens is 2. The third-order valence-electron chi connectivity index (χ3n) is 3.73. The minimum absolute atomic E-state index is 0.0482. The van der Waals surface area contributed by atoms with Crippen molar-refractivity contribution in [1.29, 1.82) is 0 Å². The maximum atomic E-state index is 13.3. The standard InChI is InChI=1S/C16H19F2NO/c1-3-15(20)19-8-7-13(11-19)9-12-5-4-6-14(10-12)16(2,17)18/h3-6,10,13H,1,7-9,11H2,2H3. The van der Waals surface area contributed by atoms with Gasteiger partial charge in [0.2, 0.25) is 5.91 Å². The highest BCUT2D eigenvalue weighted by molar-refractivity contribution is 5.87. The Balaban J connectivity index is 2.01. The van der Waals surface area contributed by atoms with Crippen LogP contribution in [0.25, 0.3) is 0 Å². The summed E-state index contributed by atoms with van der Waals surface area (Å²) in [6.45, 7) is 5.79. The molecule has 1 aromatic rings. The van der Waals surface area contributed by atoms with Gasteiger partial charge in [-0.1, -0.05) is 24.8 Å². The first-order chi connectivity index (χ1) is 9.40.